The van der Waals surface area contributed by atoms with Gasteiger partial charge in [-0.25, -0.2) is 4.79 Å². The van der Waals surface area contributed by atoms with E-state index in [0.717, 1.165) is 24.0 Å². The molecule has 0 aliphatic heterocycles. The minimum absolute atomic E-state index is 0.429. The fraction of sp³-hybridized carbons (Fsp3) is 0.222. The van der Waals surface area contributed by atoms with Gasteiger partial charge in [-0.2, -0.15) is 0 Å². The third-order valence-corrected chi connectivity index (χ3v) is 4.92. The summed E-state index contributed by atoms with van der Waals surface area (Å²) in [6.45, 7) is 4.65. The van der Waals surface area contributed by atoms with Crippen LogP contribution < -0.4 is 14.2 Å². The van der Waals surface area contributed by atoms with E-state index in [2.05, 4.69) is 19.9 Å². The first-order valence-electron chi connectivity index (χ1n) is 10.4. The normalized spacial score (nSPS) is 10.8. The molecule has 0 aliphatic carbocycles. The zero-order valence-corrected chi connectivity index (χ0v) is 18.3. The molecule has 4 nitrogen and oxygen atoms in total. The van der Waals surface area contributed by atoms with Crippen molar-refractivity contribution in [1.29, 1.82) is 0 Å². The van der Waals surface area contributed by atoms with Crippen LogP contribution in [-0.2, 0) is 17.8 Å². The van der Waals surface area contributed by atoms with Gasteiger partial charge >= 0.3 is 5.97 Å². The molecule has 0 aromatic heterocycles. The van der Waals surface area contributed by atoms with E-state index in [0.29, 0.717) is 23.9 Å². The number of carbonyl (C=O) groups excluding carboxylic acids is 1. The van der Waals surface area contributed by atoms with Crippen LogP contribution in [0.25, 0.3) is 6.08 Å². The average molecular weight is 417 g/mol. The quantitative estimate of drug-likeness (QED) is 0.238. The molecule has 0 spiro atoms. The van der Waals surface area contributed by atoms with E-state index in [-0.39, 0.29) is 0 Å². The molecule has 0 N–H and O–H groups in total. The highest BCUT2D eigenvalue weighted by Gasteiger charge is 2.07. The van der Waals surface area contributed by atoms with Crippen molar-refractivity contribution in [3.63, 3.8) is 0 Å². The van der Waals surface area contributed by atoms with Gasteiger partial charge in [0.15, 0.2) is 11.5 Å². The Morgan fingerprint density at radius 1 is 0.968 bits per heavy atom. The van der Waals surface area contributed by atoms with Crippen molar-refractivity contribution in [3.05, 3.63) is 95.1 Å². The summed E-state index contributed by atoms with van der Waals surface area (Å²) in [4.78, 5) is 12.1. The van der Waals surface area contributed by atoms with E-state index in [1.165, 1.54) is 17.2 Å². The highest BCUT2D eigenvalue weighted by Crippen LogP contribution is 2.29. The third kappa shape index (κ3) is 6.48. The topological polar surface area (TPSA) is 44.8 Å². The first-order valence-corrected chi connectivity index (χ1v) is 10.4. The van der Waals surface area contributed by atoms with Gasteiger partial charge in [0.2, 0.25) is 0 Å². The number of benzene rings is 3. The number of methoxy groups -OCH3 is 1. The summed E-state index contributed by atoms with van der Waals surface area (Å²) >= 11 is 0. The van der Waals surface area contributed by atoms with E-state index in [9.17, 15) is 4.79 Å². The second kappa shape index (κ2) is 11.0. The fourth-order valence-electron chi connectivity index (χ4n) is 3.16. The standard InChI is InChI=1S/C27H28O4/c1-4-7-21-10-14-24(15-11-21)31-27(28)17-13-22-12-16-25(26(18-22)29-3)30-19-23-9-6-5-8-20(23)2/h5-6,8-18H,4,7,19H2,1-3H3/b17-13+. The van der Waals surface area contributed by atoms with Crippen LogP contribution in [0, 0.1) is 6.92 Å². The highest BCUT2D eigenvalue weighted by atomic mass is 16.5. The summed E-state index contributed by atoms with van der Waals surface area (Å²) in [5.41, 5.74) is 4.35. The summed E-state index contributed by atoms with van der Waals surface area (Å²) in [6, 6.07) is 21.3. The van der Waals surface area contributed by atoms with Crippen molar-refractivity contribution >= 4 is 12.0 Å². The Balaban J connectivity index is 1.61. The van der Waals surface area contributed by atoms with Gasteiger partial charge in [-0.05, 0) is 65.9 Å². The molecule has 0 atom stereocenters. The SMILES string of the molecule is CCCc1ccc(OC(=O)/C=C/c2ccc(OCc3ccccc3C)c(OC)c2)cc1. The lowest BCUT2D eigenvalue weighted by atomic mass is 10.1. The lowest BCUT2D eigenvalue weighted by molar-refractivity contribution is -0.128. The molecule has 0 amide bonds. The summed E-state index contributed by atoms with van der Waals surface area (Å²) in [7, 11) is 1.60. The summed E-state index contributed by atoms with van der Waals surface area (Å²) < 4.78 is 16.8. The van der Waals surface area contributed by atoms with Crippen molar-refractivity contribution in [2.75, 3.05) is 7.11 Å². The van der Waals surface area contributed by atoms with Crippen LogP contribution >= 0.6 is 0 Å². The van der Waals surface area contributed by atoms with E-state index >= 15 is 0 Å². The van der Waals surface area contributed by atoms with Crippen LogP contribution in [0.2, 0.25) is 0 Å². The molecule has 4 heteroatoms. The Labute approximate surface area is 184 Å². The zero-order chi connectivity index (χ0) is 22.1. The van der Waals surface area contributed by atoms with Gasteiger partial charge in [0.05, 0.1) is 7.11 Å². The smallest absolute Gasteiger partial charge is 0.336 e. The Morgan fingerprint density at radius 3 is 2.45 bits per heavy atom. The number of esters is 1. The molecule has 0 saturated carbocycles. The first kappa shape index (κ1) is 22.2. The maximum atomic E-state index is 12.1. The van der Waals surface area contributed by atoms with Crippen LogP contribution in [0.1, 0.15) is 35.6 Å². The number of rotatable bonds is 9. The van der Waals surface area contributed by atoms with Crippen molar-refractivity contribution < 1.29 is 19.0 Å². The second-order valence-electron chi connectivity index (χ2n) is 7.27. The summed E-state index contributed by atoms with van der Waals surface area (Å²) in [5.74, 6) is 1.36. The maximum absolute atomic E-state index is 12.1. The number of hydrogen-bond acceptors (Lipinski definition) is 4. The third-order valence-electron chi connectivity index (χ3n) is 4.92. The number of aryl methyl sites for hydroxylation is 2. The molecule has 0 fully saturated rings. The number of carbonyl (C=O) groups is 1. The molecule has 0 heterocycles. The summed E-state index contributed by atoms with van der Waals surface area (Å²) in [5, 5.41) is 0. The van der Waals surface area contributed by atoms with Gasteiger partial charge in [0, 0.05) is 6.08 Å². The van der Waals surface area contributed by atoms with Gasteiger partial charge in [0.25, 0.3) is 0 Å². The molecule has 31 heavy (non-hydrogen) atoms. The van der Waals surface area contributed by atoms with Gasteiger partial charge in [0.1, 0.15) is 12.4 Å². The minimum atomic E-state index is -0.429. The Kier molecular flexibility index (Phi) is 7.88. The predicted molar refractivity (Wildman–Crippen MR) is 124 cm³/mol. The first-order chi connectivity index (χ1) is 15.1. The van der Waals surface area contributed by atoms with Crippen molar-refractivity contribution in [2.45, 2.75) is 33.3 Å². The number of ether oxygens (including phenoxy) is 3. The van der Waals surface area contributed by atoms with Crippen LogP contribution in [0.3, 0.4) is 0 Å². The van der Waals surface area contributed by atoms with E-state index < -0.39 is 5.97 Å². The molecule has 0 bridgehead atoms. The van der Waals surface area contributed by atoms with Gasteiger partial charge in [-0.15, -0.1) is 0 Å². The molecule has 3 aromatic carbocycles. The van der Waals surface area contributed by atoms with Gasteiger partial charge in [-0.1, -0.05) is 55.8 Å². The highest BCUT2D eigenvalue weighted by molar-refractivity contribution is 5.88. The summed E-state index contributed by atoms with van der Waals surface area (Å²) in [6.07, 6.45) is 5.20. The molecule has 3 rings (SSSR count). The largest absolute Gasteiger partial charge is 0.493 e. The molecular formula is C27H28O4. The lowest BCUT2D eigenvalue weighted by Crippen LogP contribution is -2.03. The molecule has 0 aliphatic rings. The fourth-order valence-corrected chi connectivity index (χ4v) is 3.16. The average Bonchev–Trinajstić information content (AvgIpc) is 2.79. The van der Waals surface area contributed by atoms with E-state index in [1.807, 2.05) is 60.7 Å². The molecule has 160 valence electrons. The van der Waals surface area contributed by atoms with E-state index in [1.54, 1.807) is 13.2 Å². The van der Waals surface area contributed by atoms with Crippen molar-refractivity contribution in [1.82, 2.24) is 0 Å². The van der Waals surface area contributed by atoms with Crippen LogP contribution in [0.5, 0.6) is 17.2 Å². The Hall–Kier alpha value is -3.53. The van der Waals surface area contributed by atoms with Gasteiger partial charge in [-0.3, -0.25) is 0 Å². The minimum Gasteiger partial charge on any atom is -0.493 e. The second-order valence-corrected chi connectivity index (χ2v) is 7.27. The lowest BCUT2D eigenvalue weighted by Gasteiger charge is -2.12. The van der Waals surface area contributed by atoms with E-state index in [4.69, 9.17) is 14.2 Å². The molecule has 0 unspecified atom stereocenters. The van der Waals surface area contributed by atoms with Gasteiger partial charge < -0.3 is 14.2 Å². The van der Waals surface area contributed by atoms with Crippen LogP contribution in [0.15, 0.2) is 72.8 Å². The van der Waals surface area contributed by atoms with Crippen molar-refractivity contribution in [2.24, 2.45) is 0 Å². The van der Waals surface area contributed by atoms with Crippen molar-refractivity contribution in [3.8, 4) is 17.2 Å². The van der Waals surface area contributed by atoms with Crippen LogP contribution in [-0.4, -0.2) is 13.1 Å². The Bertz CT molecular complexity index is 1040. The predicted octanol–water partition coefficient (Wildman–Crippen LogP) is 6.15. The number of hydrogen-bond donors (Lipinski definition) is 0. The maximum Gasteiger partial charge on any atom is 0.336 e. The zero-order valence-electron chi connectivity index (χ0n) is 18.3. The Morgan fingerprint density at radius 2 is 1.74 bits per heavy atom. The molecular weight excluding hydrogens is 388 g/mol. The molecule has 0 saturated heterocycles. The molecule has 0 radical (unpaired) electrons. The molecule has 3 aromatic rings. The van der Waals surface area contributed by atoms with Crippen LogP contribution in [0.4, 0.5) is 0 Å². The monoisotopic (exact) mass is 416 g/mol.